The number of carbonyl (C=O) groups is 1. The average molecular weight is 178 g/mol. The summed E-state index contributed by atoms with van der Waals surface area (Å²) in [6, 6.07) is 3.23. The third kappa shape index (κ3) is 1.01. The lowest BCUT2D eigenvalue weighted by molar-refractivity contribution is 0.0695. The molecule has 0 saturated carbocycles. The number of carboxylic acids is 1. The summed E-state index contributed by atoms with van der Waals surface area (Å²) in [5.41, 5.74) is -0.387. The van der Waals surface area contributed by atoms with Crippen LogP contribution in [0.15, 0.2) is 29.3 Å². The molecule has 0 fully saturated rings. The smallest absolute Gasteiger partial charge is 0.341 e. The van der Waals surface area contributed by atoms with Gasteiger partial charge in [0.05, 0.1) is 0 Å². The molecule has 0 aliphatic heterocycles. The maximum absolute atomic E-state index is 11.4. The Morgan fingerprint density at radius 3 is 3.00 bits per heavy atom. The van der Waals surface area contributed by atoms with E-state index >= 15 is 0 Å². The summed E-state index contributed by atoms with van der Waals surface area (Å²) in [7, 11) is 0. The highest BCUT2D eigenvalue weighted by Gasteiger charge is 2.10. The average Bonchev–Trinajstić information content (AvgIpc) is 2.52. The summed E-state index contributed by atoms with van der Waals surface area (Å²) < 4.78 is 1.47. The van der Waals surface area contributed by atoms with Crippen molar-refractivity contribution in [3.8, 4) is 0 Å². The SMILES string of the molecule is O=C(O)c1c[nH]n2cccc2c1=O. The van der Waals surface area contributed by atoms with Crippen LogP contribution in [0, 0.1) is 0 Å². The Morgan fingerprint density at radius 2 is 2.31 bits per heavy atom. The van der Waals surface area contributed by atoms with Gasteiger partial charge in [-0.3, -0.25) is 9.31 Å². The van der Waals surface area contributed by atoms with Crippen molar-refractivity contribution in [2.45, 2.75) is 0 Å². The minimum Gasteiger partial charge on any atom is -0.477 e. The number of fused-ring (bicyclic) bond motifs is 1. The highest BCUT2D eigenvalue weighted by atomic mass is 16.4. The first-order valence-electron chi connectivity index (χ1n) is 3.62. The number of H-pyrrole nitrogens is 1. The van der Waals surface area contributed by atoms with E-state index in [1.165, 1.54) is 10.7 Å². The van der Waals surface area contributed by atoms with E-state index in [0.29, 0.717) is 5.52 Å². The molecule has 0 radical (unpaired) electrons. The van der Waals surface area contributed by atoms with E-state index in [9.17, 15) is 9.59 Å². The second-order valence-electron chi connectivity index (χ2n) is 2.58. The Hall–Kier alpha value is -2.04. The topological polar surface area (TPSA) is 74.6 Å². The Kier molecular flexibility index (Phi) is 1.45. The number of carboxylic acid groups (broad SMARTS) is 1. The van der Waals surface area contributed by atoms with E-state index in [4.69, 9.17) is 5.11 Å². The van der Waals surface area contributed by atoms with Gasteiger partial charge in [0.15, 0.2) is 0 Å². The van der Waals surface area contributed by atoms with Gasteiger partial charge in [0.1, 0.15) is 11.1 Å². The number of hydrogen-bond acceptors (Lipinski definition) is 2. The highest BCUT2D eigenvalue weighted by Crippen LogP contribution is 1.97. The van der Waals surface area contributed by atoms with Gasteiger partial charge in [-0.15, -0.1) is 0 Å². The highest BCUT2D eigenvalue weighted by molar-refractivity contribution is 5.88. The van der Waals surface area contributed by atoms with Crippen LogP contribution < -0.4 is 5.43 Å². The number of rotatable bonds is 1. The molecule has 2 N–H and O–H groups in total. The minimum atomic E-state index is -1.22. The van der Waals surface area contributed by atoms with Crippen molar-refractivity contribution in [1.29, 1.82) is 0 Å². The molecule has 0 saturated heterocycles. The van der Waals surface area contributed by atoms with Crippen LogP contribution in [0.2, 0.25) is 0 Å². The third-order valence-corrected chi connectivity index (χ3v) is 1.80. The standard InChI is InChI=1S/C8H6N2O3/c11-7-5(8(12)13)4-9-10-3-1-2-6(7)10/h1-4,9H,(H,12,13). The minimum absolute atomic E-state index is 0.244. The summed E-state index contributed by atoms with van der Waals surface area (Å²) in [6.07, 6.45) is 2.82. The van der Waals surface area contributed by atoms with Gasteiger partial charge in [-0.2, -0.15) is 0 Å². The molecule has 2 aromatic heterocycles. The zero-order valence-electron chi connectivity index (χ0n) is 6.52. The maximum Gasteiger partial charge on any atom is 0.341 e. The molecule has 2 heterocycles. The molecule has 0 unspecified atom stereocenters. The lowest BCUT2D eigenvalue weighted by Crippen LogP contribution is -2.17. The van der Waals surface area contributed by atoms with E-state index in [1.807, 2.05) is 0 Å². The van der Waals surface area contributed by atoms with Crippen molar-refractivity contribution in [3.05, 3.63) is 40.3 Å². The maximum atomic E-state index is 11.4. The number of aromatic amines is 1. The Labute approximate surface area is 72.2 Å². The second kappa shape index (κ2) is 2.48. The van der Waals surface area contributed by atoms with E-state index in [-0.39, 0.29) is 5.56 Å². The van der Waals surface area contributed by atoms with Crippen LogP contribution >= 0.6 is 0 Å². The molecule has 5 nitrogen and oxygen atoms in total. The molecule has 0 amide bonds. The quantitative estimate of drug-likeness (QED) is 0.660. The van der Waals surface area contributed by atoms with Gasteiger partial charge in [-0.05, 0) is 12.1 Å². The van der Waals surface area contributed by atoms with Gasteiger partial charge in [-0.25, -0.2) is 4.79 Å². The molecule has 0 spiro atoms. The summed E-state index contributed by atoms with van der Waals surface area (Å²) in [6.45, 7) is 0. The number of nitrogens with one attached hydrogen (secondary N) is 1. The zero-order valence-corrected chi connectivity index (χ0v) is 6.52. The summed E-state index contributed by atoms with van der Waals surface area (Å²) in [4.78, 5) is 22.0. The number of aromatic nitrogens is 2. The van der Waals surface area contributed by atoms with Gasteiger partial charge in [0.2, 0.25) is 5.43 Å². The van der Waals surface area contributed by atoms with Crippen LogP contribution in [0.25, 0.3) is 5.52 Å². The third-order valence-electron chi connectivity index (χ3n) is 1.80. The van der Waals surface area contributed by atoms with Crippen LogP contribution in [0.1, 0.15) is 10.4 Å². The van der Waals surface area contributed by atoms with Gasteiger partial charge < -0.3 is 10.2 Å². The molecule has 13 heavy (non-hydrogen) atoms. The first-order chi connectivity index (χ1) is 6.20. The van der Waals surface area contributed by atoms with Crippen molar-refractivity contribution < 1.29 is 9.90 Å². The van der Waals surface area contributed by atoms with Crippen LogP contribution in [0.3, 0.4) is 0 Å². The van der Waals surface area contributed by atoms with Crippen molar-refractivity contribution in [1.82, 2.24) is 9.61 Å². The second-order valence-corrected chi connectivity index (χ2v) is 2.58. The number of aromatic carboxylic acids is 1. The predicted molar refractivity (Wildman–Crippen MR) is 45.0 cm³/mol. The Bertz CT molecular complexity index is 523. The van der Waals surface area contributed by atoms with E-state index in [0.717, 1.165) is 0 Å². The van der Waals surface area contributed by atoms with Crippen LogP contribution in [-0.4, -0.2) is 20.7 Å². The van der Waals surface area contributed by atoms with Gasteiger partial charge in [-0.1, -0.05) is 0 Å². The van der Waals surface area contributed by atoms with Gasteiger partial charge >= 0.3 is 5.97 Å². The number of nitrogens with zero attached hydrogens (tertiary/aromatic N) is 1. The monoisotopic (exact) mass is 178 g/mol. The first-order valence-corrected chi connectivity index (χ1v) is 3.62. The predicted octanol–water partition coefficient (Wildman–Crippen LogP) is 0.326. The fourth-order valence-electron chi connectivity index (χ4n) is 1.17. The first kappa shape index (κ1) is 7.60. The molecule has 66 valence electrons. The lowest BCUT2D eigenvalue weighted by atomic mass is 10.3. The fraction of sp³-hybridized carbons (Fsp3) is 0. The molecule has 0 aromatic carbocycles. The van der Waals surface area contributed by atoms with Crippen molar-refractivity contribution >= 4 is 11.5 Å². The zero-order chi connectivity index (χ0) is 9.42. The number of hydrogen-bond donors (Lipinski definition) is 2. The van der Waals surface area contributed by atoms with Gasteiger partial charge in [0, 0.05) is 12.4 Å². The normalized spacial score (nSPS) is 10.5. The Morgan fingerprint density at radius 1 is 1.54 bits per heavy atom. The molecule has 0 bridgehead atoms. The summed E-state index contributed by atoms with van der Waals surface area (Å²) in [5, 5.41) is 11.3. The lowest BCUT2D eigenvalue weighted by Gasteiger charge is -1.96. The van der Waals surface area contributed by atoms with E-state index in [1.54, 1.807) is 18.3 Å². The van der Waals surface area contributed by atoms with Crippen molar-refractivity contribution in [2.24, 2.45) is 0 Å². The van der Waals surface area contributed by atoms with Crippen LogP contribution in [0.5, 0.6) is 0 Å². The summed E-state index contributed by atoms with van der Waals surface area (Å²) >= 11 is 0. The van der Waals surface area contributed by atoms with Crippen LogP contribution in [0.4, 0.5) is 0 Å². The summed E-state index contributed by atoms with van der Waals surface area (Å²) in [5.74, 6) is -1.22. The van der Waals surface area contributed by atoms with Crippen molar-refractivity contribution in [2.75, 3.05) is 0 Å². The molecule has 0 aliphatic carbocycles. The van der Waals surface area contributed by atoms with Gasteiger partial charge in [0.25, 0.3) is 0 Å². The Balaban J connectivity index is 2.89. The van der Waals surface area contributed by atoms with E-state index in [2.05, 4.69) is 5.10 Å². The fourth-order valence-corrected chi connectivity index (χ4v) is 1.17. The van der Waals surface area contributed by atoms with E-state index < -0.39 is 11.4 Å². The molecular formula is C8H6N2O3. The van der Waals surface area contributed by atoms with Crippen LogP contribution in [-0.2, 0) is 0 Å². The molecule has 2 aromatic rings. The molecule has 2 rings (SSSR count). The molecule has 0 aliphatic rings. The molecule has 0 atom stereocenters. The largest absolute Gasteiger partial charge is 0.477 e. The van der Waals surface area contributed by atoms with Crippen molar-refractivity contribution in [3.63, 3.8) is 0 Å². The molecule has 5 heteroatoms. The molecular weight excluding hydrogens is 172 g/mol.